The monoisotopic (exact) mass is 168 g/mol. The highest BCUT2D eigenvalue weighted by atomic mass is 16.3. The molecule has 0 aliphatic carbocycles. The van der Waals surface area contributed by atoms with Crippen LogP contribution in [0.25, 0.3) is 0 Å². The third-order valence-corrected chi connectivity index (χ3v) is 1.80. The zero-order valence-corrected chi connectivity index (χ0v) is 7.42. The molecule has 4 N–H and O–H groups in total. The molecule has 0 aromatic carbocycles. The van der Waals surface area contributed by atoms with Crippen molar-refractivity contribution in [2.24, 2.45) is 11.5 Å². The minimum Gasteiger partial charge on any atom is -0.464 e. The normalized spacial score (nSPS) is 13.2. The van der Waals surface area contributed by atoms with Crippen molar-refractivity contribution in [2.75, 3.05) is 6.54 Å². The Morgan fingerprint density at radius 3 is 2.83 bits per heavy atom. The summed E-state index contributed by atoms with van der Waals surface area (Å²) in [5.74, 6) is 1.79. The first-order chi connectivity index (χ1) is 5.77. The zero-order chi connectivity index (χ0) is 8.97. The van der Waals surface area contributed by atoms with Crippen molar-refractivity contribution in [3.63, 3.8) is 0 Å². The van der Waals surface area contributed by atoms with Gasteiger partial charge in [0.05, 0.1) is 6.04 Å². The fraction of sp³-hybridized carbons (Fsp3) is 0.556. The van der Waals surface area contributed by atoms with E-state index in [9.17, 15) is 0 Å². The topological polar surface area (TPSA) is 65.2 Å². The molecule has 0 aliphatic rings. The van der Waals surface area contributed by atoms with Gasteiger partial charge in [0, 0.05) is 13.0 Å². The Morgan fingerprint density at radius 1 is 1.50 bits per heavy atom. The summed E-state index contributed by atoms with van der Waals surface area (Å²) in [6.45, 7) is 2.55. The smallest absolute Gasteiger partial charge is 0.122 e. The third kappa shape index (κ3) is 2.09. The van der Waals surface area contributed by atoms with Gasteiger partial charge in [-0.05, 0) is 18.6 Å². The maximum Gasteiger partial charge on any atom is 0.122 e. The van der Waals surface area contributed by atoms with E-state index in [4.69, 9.17) is 15.9 Å². The molecule has 1 atom stereocenters. The average molecular weight is 168 g/mol. The van der Waals surface area contributed by atoms with Gasteiger partial charge >= 0.3 is 0 Å². The first-order valence-electron chi connectivity index (χ1n) is 4.32. The molecule has 3 heteroatoms. The van der Waals surface area contributed by atoms with E-state index >= 15 is 0 Å². The van der Waals surface area contributed by atoms with Crippen LogP contribution in [0.5, 0.6) is 0 Å². The van der Waals surface area contributed by atoms with Crippen LogP contribution in [0.3, 0.4) is 0 Å². The van der Waals surface area contributed by atoms with Crippen LogP contribution in [0, 0.1) is 0 Å². The summed E-state index contributed by atoms with van der Waals surface area (Å²) in [5, 5.41) is 0. The molecular formula is C9H16N2O. The second kappa shape index (κ2) is 4.28. The van der Waals surface area contributed by atoms with Crippen LogP contribution in [0.4, 0.5) is 0 Å². The van der Waals surface area contributed by atoms with E-state index in [0.29, 0.717) is 6.54 Å². The van der Waals surface area contributed by atoms with Crippen LogP contribution < -0.4 is 11.5 Å². The lowest BCUT2D eigenvalue weighted by Crippen LogP contribution is -2.19. The molecule has 0 spiro atoms. The van der Waals surface area contributed by atoms with Crippen LogP contribution in [0.15, 0.2) is 16.5 Å². The number of hydrogen-bond acceptors (Lipinski definition) is 3. The van der Waals surface area contributed by atoms with Gasteiger partial charge in [-0.3, -0.25) is 0 Å². The molecule has 0 radical (unpaired) electrons. The van der Waals surface area contributed by atoms with Gasteiger partial charge in [-0.1, -0.05) is 6.92 Å². The highest BCUT2D eigenvalue weighted by Crippen LogP contribution is 2.14. The van der Waals surface area contributed by atoms with Crippen LogP contribution in [0.2, 0.25) is 0 Å². The quantitative estimate of drug-likeness (QED) is 0.709. The first kappa shape index (κ1) is 9.29. The van der Waals surface area contributed by atoms with Crippen LogP contribution in [-0.4, -0.2) is 6.54 Å². The maximum atomic E-state index is 5.69. The van der Waals surface area contributed by atoms with Crippen molar-refractivity contribution in [2.45, 2.75) is 25.8 Å². The lowest BCUT2D eigenvalue weighted by atomic mass is 10.2. The highest BCUT2D eigenvalue weighted by molar-refractivity contribution is 5.10. The molecule has 1 aromatic rings. The molecule has 0 unspecified atom stereocenters. The molecular weight excluding hydrogens is 152 g/mol. The fourth-order valence-electron chi connectivity index (χ4n) is 1.09. The van der Waals surface area contributed by atoms with Crippen molar-refractivity contribution in [3.8, 4) is 0 Å². The molecule has 0 saturated carbocycles. The molecule has 0 saturated heterocycles. The summed E-state index contributed by atoms with van der Waals surface area (Å²) in [6, 6.07) is 3.72. The van der Waals surface area contributed by atoms with Crippen molar-refractivity contribution in [3.05, 3.63) is 23.7 Å². The van der Waals surface area contributed by atoms with Gasteiger partial charge in [0.25, 0.3) is 0 Å². The standard InChI is InChI=1S/C9H16N2O/c1-2-3-7-4-5-9(12-7)8(11)6-10/h4-5,8H,2-3,6,10-11H2,1H3/t8-/m1/s1. The predicted molar refractivity (Wildman–Crippen MR) is 48.7 cm³/mol. The maximum absolute atomic E-state index is 5.69. The van der Waals surface area contributed by atoms with Gasteiger partial charge in [0.2, 0.25) is 0 Å². The van der Waals surface area contributed by atoms with Crippen LogP contribution >= 0.6 is 0 Å². The molecule has 1 heterocycles. The first-order valence-corrected chi connectivity index (χ1v) is 4.32. The average Bonchev–Trinajstić information content (AvgIpc) is 2.52. The molecule has 0 aliphatic heterocycles. The van der Waals surface area contributed by atoms with Gasteiger partial charge in [-0.15, -0.1) is 0 Å². The Labute approximate surface area is 72.7 Å². The van der Waals surface area contributed by atoms with E-state index in [1.165, 1.54) is 0 Å². The summed E-state index contributed by atoms with van der Waals surface area (Å²) in [6.07, 6.45) is 2.06. The van der Waals surface area contributed by atoms with Crippen molar-refractivity contribution in [1.82, 2.24) is 0 Å². The Kier molecular flexibility index (Phi) is 3.31. The number of aryl methyl sites for hydroxylation is 1. The van der Waals surface area contributed by atoms with Crippen LogP contribution in [-0.2, 0) is 6.42 Å². The molecule has 0 bridgehead atoms. The summed E-state index contributed by atoms with van der Waals surface area (Å²) in [5.41, 5.74) is 11.1. The van der Waals surface area contributed by atoms with E-state index in [0.717, 1.165) is 24.4 Å². The van der Waals surface area contributed by atoms with Gasteiger partial charge in [-0.2, -0.15) is 0 Å². The third-order valence-electron chi connectivity index (χ3n) is 1.80. The molecule has 0 amide bonds. The Hall–Kier alpha value is -0.800. The Morgan fingerprint density at radius 2 is 2.25 bits per heavy atom. The largest absolute Gasteiger partial charge is 0.464 e. The summed E-state index contributed by atoms with van der Waals surface area (Å²) in [7, 11) is 0. The SMILES string of the molecule is CCCc1ccc([C@H](N)CN)o1. The second-order valence-electron chi connectivity index (χ2n) is 2.90. The number of rotatable bonds is 4. The summed E-state index contributed by atoms with van der Waals surface area (Å²) < 4.78 is 5.47. The molecule has 68 valence electrons. The Bertz CT molecular complexity index is 232. The van der Waals surface area contributed by atoms with Crippen molar-refractivity contribution >= 4 is 0 Å². The number of furan rings is 1. The summed E-state index contributed by atoms with van der Waals surface area (Å²) in [4.78, 5) is 0. The van der Waals surface area contributed by atoms with E-state index in [1.807, 2.05) is 12.1 Å². The lowest BCUT2D eigenvalue weighted by molar-refractivity contribution is 0.433. The van der Waals surface area contributed by atoms with E-state index < -0.39 is 0 Å². The fourth-order valence-corrected chi connectivity index (χ4v) is 1.09. The van der Waals surface area contributed by atoms with Gasteiger partial charge in [0.1, 0.15) is 11.5 Å². The second-order valence-corrected chi connectivity index (χ2v) is 2.90. The van der Waals surface area contributed by atoms with Crippen molar-refractivity contribution in [1.29, 1.82) is 0 Å². The van der Waals surface area contributed by atoms with Gasteiger partial charge < -0.3 is 15.9 Å². The van der Waals surface area contributed by atoms with Crippen LogP contribution in [0.1, 0.15) is 30.9 Å². The number of nitrogens with two attached hydrogens (primary N) is 2. The highest BCUT2D eigenvalue weighted by Gasteiger charge is 2.07. The minimum atomic E-state index is -0.157. The number of hydrogen-bond donors (Lipinski definition) is 2. The molecule has 1 rings (SSSR count). The minimum absolute atomic E-state index is 0.157. The van der Waals surface area contributed by atoms with E-state index in [1.54, 1.807) is 0 Å². The van der Waals surface area contributed by atoms with E-state index in [-0.39, 0.29) is 6.04 Å². The van der Waals surface area contributed by atoms with Crippen molar-refractivity contribution < 1.29 is 4.42 Å². The van der Waals surface area contributed by atoms with E-state index in [2.05, 4.69) is 6.92 Å². The predicted octanol–water partition coefficient (Wildman–Crippen LogP) is 1.19. The zero-order valence-electron chi connectivity index (χ0n) is 7.42. The molecule has 12 heavy (non-hydrogen) atoms. The lowest BCUT2D eigenvalue weighted by Gasteiger charge is -2.03. The van der Waals surface area contributed by atoms with Gasteiger partial charge in [-0.25, -0.2) is 0 Å². The molecule has 0 fully saturated rings. The molecule has 3 nitrogen and oxygen atoms in total. The van der Waals surface area contributed by atoms with Gasteiger partial charge in [0.15, 0.2) is 0 Å². The Balaban J connectivity index is 2.63. The summed E-state index contributed by atoms with van der Waals surface area (Å²) >= 11 is 0. The molecule has 1 aromatic heterocycles.